The van der Waals surface area contributed by atoms with E-state index in [4.69, 9.17) is 21.1 Å². The number of nitrogens with zero attached hydrogens (tertiary/aromatic N) is 2. The van der Waals surface area contributed by atoms with E-state index >= 15 is 0 Å². The highest BCUT2D eigenvalue weighted by molar-refractivity contribution is 7.90. The van der Waals surface area contributed by atoms with Crippen molar-refractivity contribution in [2.75, 3.05) is 51.8 Å². The number of likely N-dealkylation sites (N-methyl/N-ethyl adjacent to an activating group) is 1. The molecule has 11 heteroatoms. The molecular formula is C36H52ClN3O6S. The van der Waals surface area contributed by atoms with Crippen LogP contribution in [0.15, 0.2) is 36.4 Å². The molecule has 2 aliphatic heterocycles. The number of halogens is 1. The maximum atomic E-state index is 13.5. The lowest BCUT2D eigenvalue weighted by molar-refractivity contribution is -0.133. The van der Waals surface area contributed by atoms with Crippen LogP contribution in [0.2, 0.25) is 5.02 Å². The zero-order valence-corrected chi connectivity index (χ0v) is 29.9. The molecule has 47 heavy (non-hydrogen) atoms. The topological polar surface area (TPSA) is 108 Å². The SMILES string of the molecule is C[C@@H]1[C@@H](C)CCC[C@@](O)(COCCN(C)C)[C@@H]2CC[C@H]2CN2CCCCc3cc(Cl)ccc3COc3ccc(cc32)C(=O)NS1(=O)=O. The van der Waals surface area contributed by atoms with E-state index in [1.165, 1.54) is 5.56 Å². The number of anilines is 1. The Labute approximate surface area is 286 Å². The summed E-state index contributed by atoms with van der Waals surface area (Å²) in [5.41, 5.74) is 2.25. The molecule has 2 N–H and O–H groups in total. The van der Waals surface area contributed by atoms with Crippen molar-refractivity contribution >= 4 is 33.2 Å². The quantitative estimate of drug-likeness (QED) is 0.387. The normalized spacial score (nSPS) is 28.6. The van der Waals surface area contributed by atoms with Gasteiger partial charge in [-0.1, -0.05) is 31.0 Å². The van der Waals surface area contributed by atoms with Gasteiger partial charge < -0.3 is 24.4 Å². The number of sulfonamides is 1. The molecule has 260 valence electrons. The van der Waals surface area contributed by atoms with Crippen LogP contribution in [-0.2, 0) is 27.8 Å². The number of rotatable bonds is 5. The summed E-state index contributed by atoms with van der Waals surface area (Å²) in [6.45, 7) is 6.87. The van der Waals surface area contributed by atoms with Crippen LogP contribution in [-0.4, -0.2) is 82.1 Å². The highest BCUT2D eigenvalue weighted by atomic mass is 35.5. The number of aryl methyl sites for hydroxylation is 1. The molecule has 2 aromatic rings. The number of fused-ring (bicyclic) bond motifs is 3. The fourth-order valence-corrected chi connectivity index (χ4v) is 8.77. The Morgan fingerprint density at radius 3 is 2.64 bits per heavy atom. The Morgan fingerprint density at radius 2 is 1.89 bits per heavy atom. The summed E-state index contributed by atoms with van der Waals surface area (Å²) in [7, 11) is 0.0578. The summed E-state index contributed by atoms with van der Waals surface area (Å²) in [5.74, 6) is 0.0611. The first-order valence-electron chi connectivity index (χ1n) is 17.2. The van der Waals surface area contributed by atoms with Gasteiger partial charge in [-0.3, -0.25) is 4.79 Å². The van der Waals surface area contributed by atoms with Gasteiger partial charge in [-0.05, 0) is 125 Å². The Morgan fingerprint density at radius 1 is 1.09 bits per heavy atom. The van der Waals surface area contributed by atoms with Gasteiger partial charge >= 0.3 is 0 Å². The van der Waals surface area contributed by atoms with E-state index in [-0.39, 0.29) is 29.9 Å². The summed E-state index contributed by atoms with van der Waals surface area (Å²) in [6, 6.07) is 11.1. The van der Waals surface area contributed by atoms with E-state index in [0.29, 0.717) is 49.8 Å². The molecule has 1 fully saturated rings. The van der Waals surface area contributed by atoms with Crippen molar-refractivity contribution in [2.45, 2.75) is 82.7 Å². The van der Waals surface area contributed by atoms with Gasteiger partial charge in [0.1, 0.15) is 12.4 Å². The Hall–Kier alpha value is -2.37. The van der Waals surface area contributed by atoms with Gasteiger partial charge in [-0.25, -0.2) is 13.1 Å². The molecule has 0 spiro atoms. The van der Waals surface area contributed by atoms with Crippen molar-refractivity contribution < 1.29 is 27.8 Å². The molecule has 1 amide bonds. The molecule has 5 rings (SSSR count). The summed E-state index contributed by atoms with van der Waals surface area (Å²) in [6.07, 6.45) is 6.44. The van der Waals surface area contributed by atoms with Gasteiger partial charge in [-0.15, -0.1) is 0 Å². The van der Waals surface area contributed by atoms with E-state index < -0.39 is 26.8 Å². The summed E-state index contributed by atoms with van der Waals surface area (Å²) in [4.78, 5) is 17.8. The smallest absolute Gasteiger partial charge is 0.264 e. The Bertz CT molecular complexity index is 1500. The van der Waals surface area contributed by atoms with Crippen LogP contribution in [0.4, 0.5) is 5.69 Å². The van der Waals surface area contributed by atoms with E-state index in [1.807, 2.05) is 39.2 Å². The fourth-order valence-electron chi connectivity index (χ4n) is 7.27. The number of carbonyl (C=O) groups is 1. The van der Waals surface area contributed by atoms with Gasteiger partial charge in [0.15, 0.2) is 0 Å². The van der Waals surface area contributed by atoms with Crippen molar-refractivity contribution in [1.29, 1.82) is 0 Å². The minimum Gasteiger partial charge on any atom is -0.487 e. The number of hydrogen-bond donors (Lipinski definition) is 2. The number of aliphatic hydroxyl groups is 1. The monoisotopic (exact) mass is 689 g/mol. The molecular weight excluding hydrogens is 638 g/mol. The van der Waals surface area contributed by atoms with Crippen LogP contribution in [0.1, 0.15) is 80.3 Å². The summed E-state index contributed by atoms with van der Waals surface area (Å²) >= 11 is 6.35. The highest BCUT2D eigenvalue weighted by Gasteiger charge is 2.47. The average molecular weight is 690 g/mol. The van der Waals surface area contributed by atoms with Crippen LogP contribution in [0.25, 0.3) is 0 Å². The molecule has 2 heterocycles. The lowest BCUT2D eigenvalue weighted by Crippen LogP contribution is -2.53. The van der Waals surface area contributed by atoms with E-state index in [2.05, 4.69) is 14.5 Å². The third kappa shape index (κ3) is 8.81. The number of carbonyl (C=O) groups excluding carboxylic acids is 1. The Kier molecular flexibility index (Phi) is 11.8. The van der Waals surface area contributed by atoms with Crippen molar-refractivity contribution in [1.82, 2.24) is 9.62 Å². The predicted molar refractivity (Wildman–Crippen MR) is 187 cm³/mol. The molecule has 1 saturated carbocycles. The van der Waals surface area contributed by atoms with E-state index in [9.17, 15) is 18.3 Å². The van der Waals surface area contributed by atoms with Crippen LogP contribution in [0.5, 0.6) is 5.75 Å². The number of benzene rings is 2. The van der Waals surface area contributed by atoms with Gasteiger partial charge in [0.05, 0.1) is 29.8 Å². The van der Waals surface area contributed by atoms with Crippen LogP contribution < -0.4 is 14.4 Å². The highest BCUT2D eigenvalue weighted by Crippen LogP contribution is 2.46. The van der Waals surface area contributed by atoms with Crippen molar-refractivity contribution in [3.05, 3.63) is 58.1 Å². The van der Waals surface area contributed by atoms with Gasteiger partial charge in [0.25, 0.3) is 5.91 Å². The van der Waals surface area contributed by atoms with E-state index in [0.717, 1.165) is 56.4 Å². The first kappa shape index (κ1) is 35.9. The van der Waals surface area contributed by atoms with E-state index in [1.54, 1.807) is 25.1 Å². The average Bonchev–Trinajstić information content (AvgIpc) is 3.03. The molecule has 2 aromatic carbocycles. The number of hydrogen-bond acceptors (Lipinski definition) is 8. The molecule has 2 bridgehead atoms. The maximum Gasteiger partial charge on any atom is 0.264 e. The second-order valence-electron chi connectivity index (χ2n) is 14.2. The number of nitrogens with one attached hydrogen (secondary N) is 1. The number of amides is 1. The Balaban J connectivity index is 1.51. The number of ether oxygens (including phenoxy) is 2. The zero-order chi connectivity index (χ0) is 33.8. The third-order valence-electron chi connectivity index (χ3n) is 10.6. The molecule has 0 unspecified atom stereocenters. The molecule has 0 saturated heterocycles. The standard InChI is InChI=1S/C36H52ClN3O6S/c1-25-8-7-16-36(42,24-45-19-18-39(3)4)32-14-11-29(32)22-40-17-6-5-9-27-20-31(37)13-10-30(27)23-46-34-15-12-28(21-33(34)40)35(41)38-47(43,44)26(25)2/h10,12-13,15,20-21,25-26,29,32,42H,5-9,11,14,16-19,22-24H2,1-4H3,(H,38,41)/t25-,26+,29-,32+,36+/m0/s1. The van der Waals surface area contributed by atoms with Gasteiger partial charge in [-0.2, -0.15) is 0 Å². The first-order valence-corrected chi connectivity index (χ1v) is 19.1. The zero-order valence-electron chi connectivity index (χ0n) is 28.3. The second-order valence-corrected chi connectivity index (χ2v) is 16.7. The largest absolute Gasteiger partial charge is 0.487 e. The lowest BCUT2D eigenvalue weighted by Gasteiger charge is -2.49. The first-order chi connectivity index (χ1) is 22.4. The second kappa shape index (κ2) is 15.5. The van der Waals surface area contributed by atoms with Crippen LogP contribution >= 0.6 is 11.6 Å². The molecule has 5 atom stereocenters. The van der Waals surface area contributed by atoms with Gasteiger partial charge in [0.2, 0.25) is 10.0 Å². The molecule has 1 aliphatic carbocycles. The lowest BCUT2D eigenvalue weighted by atomic mass is 9.63. The minimum atomic E-state index is -3.95. The van der Waals surface area contributed by atoms with Gasteiger partial charge in [0, 0.05) is 30.2 Å². The van der Waals surface area contributed by atoms with Crippen molar-refractivity contribution in [3.63, 3.8) is 0 Å². The molecule has 0 radical (unpaired) electrons. The third-order valence-corrected chi connectivity index (χ3v) is 12.8. The molecule has 0 aromatic heterocycles. The maximum absolute atomic E-state index is 13.5. The molecule has 9 nitrogen and oxygen atoms in total. The summed E-state index contributed by atoms with van der Waals surface area (Å²) < 4.78 is 41.7. The predicted octanol–water partition coefficient (Wildman–Crippen LogP) is 5.67. The minimum absolute atomic E-state index is 0.0478. The fraction of sp³-hybridized carbons (Fsp3) is 0.639. The molecule has 3 aliphatic rings. The van der Waals surface area contributed by atoms with Crippen LogP contribution in [0.3, 0.4) is 0 Å². The van der Waals surface area contributed by atoms with Crippen molar-refractivity contribution in [3.8, 4) is 5.75 Å². The van der Waals surface area contributed by atoms with Crippen molar-refractivity contribution in [2.24, 2.45) is 17.8 Å². The van der Waals surface area contributed by atoms with Crippen LogP contribution in [0, 0.1) is 17.8 Å². The summed E-state index contributed by atoms with van der Waals surface area (Å²) in [5, 5.41) is 12.2.